The number of nitrogens with zero attached hydrogens (tertiary/aromatic N) is 3. The van der Waals surface area contributed by atoms with E-state index in [1.54, 1.807) is 6.07 Å². The SMILES string of the molecule is Cl.NCC1(c2ccccc2)CCN(c2cc(-c3cc(F)cc(F)c3O)nnc2N)CC1. The van der Waals surface area contributed by atoms with Gasteiger partial charge in [0.2, 0.25) is 0 Å². The number of phenolic OH excluding ortho intramolecular Hbond substituents is 1. The minimum atomic E-state index is -1.06. The van der Waals surface area contributed by atoms with Crippen molar-refractivity contribution in [1.82, 2.24) is 10.2 Å². The molecule has 0 saturated carbocycles. The Morgan fingerprint density at radius 2 is 1.71 bits per heavy atom. The summed E-state index contributed by atoms with van der Waals surface area (Å²) < 4.78 is 27.4. The Kier molecular flexibility index (Phi) is 6.62. The van der Waals surface area contributed by atoms with Crippen molar-refractivity contribution in [3.05, 3.63) is 65.7 Å². The molecule has 2 heterocycles. The molecule has 0 amide bonds. The molecule has 4 rings (SSSR count). The van der Waals surface area contributed by atoms with Crippen molar-refractivity contribution >= 4 is 23.9 Å². The lowest BCUT2D eigenvalue weighted by molar-refractivity contribution is 0.340. The van der Waals surface area contributed by atoms with E-state index in [1.165, 1.54) is 5.56 Å². The van der Waals surface area contributed by atoms with Crippen LogP contribution >= 0.6 is 12.4 Å². The third kappa shape index (κ3) is 4.26. The van der Waals surface area contributed by atoms with E-state index in [2.05, 4.69) is 27.2 Å². The highest BCUT2D eigenvalue weighted by Gasteiger charge is 2.35. The van der Waals surface area contributed by atoms with Gasteiger partial charge in [-0.25, -0.2) is 8.78 Å². The number of piperidine rings is 1. The molecule has 2 aromatic carbocycles. The van der Waals surface area contributed by atoms with Gasteiger partial charge >= 0.3 is 0 Å². The summed E-state index contributed by atoms with van der Waals surface area (Å²) in [5.74, 6) is -2.32. The van der Waals surface area contributed by atoms with Gasteiger partial charge < -0.3 is 21.5 Å². The first-order valence-electron chi connectivity index (χ1n) is 9.76. The van der Waals surface area contributed by atoms with E-state index in [0.717, 1.165) is 18.9 Å². The van der Waals surface area contributed by atoms with Crippen LogP contribution < -0.4 is 16.4 Å². The number of anilines is 2. The summed E-state index contributed by atoms with van der Waals surface area (Å²) in [6, 6.07) is 13.5. The molecule has 1 fully saturated rings. The van der Waals surface area contributed by atoms with Crippen molar-refractivity contribution in [3.63, 3.8) is 0 Å². The van der Waals surface area contributed by atoms with Crippen LogP contribution in [-0.2, 0) is 5.41 Å². The zero-order valence-electron chi connectivity index (χ0n) is 16.8. The lowest BCUT2D eigenvalue weighted by Gasteiger charge is -2.42. The van der Waals surface area contributed by atoms with Crippen LogP contribution in [0.5, 0.6) is 5.75 Å². The number of nitrogens with two attached hydrogens (primary N) is 2. The largest absolute Gasteiger partial charge is 0.504 e. The lowest BCUT2D eigenvalue weighted by atomic mass is 9.73. The molecular formula is C22H24ClF2N5O. The summed E-state index contributed by atoms with van der Waals surface area (Å²) in [5, 5.41) is 17.9. The predicted octanol–water partition coefficient (Wildman–Crippen LogP) is 3.63. The van der Waals surface area contributed by atoms with E-state index in [-0.39, 0.29) is 34.9 Å². The molecule has 164 valence electrons. The Morgan fingerprint density at radius 1 is 1.03 bits per heavy atom. The second kappa shape index (κ2) is 9.03. The van der Waals surface area contributed by atoms with Crippen molar-refractivity contribution < 1.29 is 13.9 Å². The molecule has 0 unspecified atom stereocenters. The van der Waals surface area contributed by atoms with Crippen LogP contribution in [0.25, 0.3) is 11.3 Å². The van der Waals surface area contributed by atoms with Gasteiger partial charge in [0.05, 0.1) is 11.4 Å². The Labute approximate surface area is 185 Å². The molecule has 1 aromatic heterocycles. The van der Waals surface area contributed by atoms with Gasteiger partial charge in [0.15, 0.2) is 17.4 Å². The highest BCUT2D eigenvalue weighted by Crippen LogP contribution is 2.39. The Hall–Kier alpha value is -2.97. The minimum absolute atomic E-state index is 0. The number of rotatable bonds is 4. The summed E-state index contributed by atoms with van der Waals surface area (Å²) in [5.41, 5.74) is 14.0. The van der Waals surface area contributed by atoms with Crippen LogP contribution in [0.2, 0.25) is 0 Å². The van der Waals surface area contributed by atoms with E-state index >= 15 is 0 Å². The molecule has 5 N–H and O–H groups in total. The van der Waals surface area contributed by atoms with Crippen molar-refractivity contribution in [2.24, 2.45) is 5.73 Å². The zero-order valence-corrected chi connectivity index (χ0v) is 17.6. The smallest absolute Gasteiger partial charge is 0.169 e. The number of nitrogen functional groups attached to an aromatic ring is 1. The average molecular weight is 448 g/mol. The van der Waals surface area contributed by atoms with Crippen LogP contribution in [0.15, 0.2) is 48.5 Å². The van der Waals surface area contributed by atoms with Gasteiger partial charge in [-0.15, -0.1) is 22.6 Å². The van der Waals surface area contributed by atoms with Crippen LogP contribution in [0, 0.1) is 11.6 Å². The molecule has 31 heavy (non-hydrogen) atoms. The van der Waals surface area contributed by atoms with Gasteiger partial charge in [-0.2, -0.15) is 0 Å². The summed E-state index contributed by atoms with van der Waals surface area (Å²) in [6.45, 7) is 1.91. The van der Waals surface area contributed by atoms with Crippen molar-refractivity contribution in [2.45, 2.75) is 18.3 Å². The normalized spacial score (nSPS) is 15.4. The maximum Gasteiger partial charge on any atom is 0.169 e. The topological polar surface area (TPSA) is 101 Å². The second-order valence-corrected chi connectivity index (χ2v) is 7.62. The average Bonchev–Trinajstić information content (AvgIpc) is 2.77. The number of phenols is 1. The molecule has 1 aliphatic heterocycles. The number of aromatic hydroxyl groups is 1. The fourth-order valence-corrected chi connectivity index (χ4v) is 4.12. The maximum atomic E-state index is 13.8. The van der Waals surface area contributed by atoms with Gasteiger partial charge in [0, 0.05) is 36.7 Å². The summed E-state index contributed by atoms with van der Waals surface area (Å²) in [7, 11) is 0. The molecule has 0 radical (unpaired) electrons. The molecule has 0 atom stereocenters. The van der Waals surface area contributed by atoms with Crippen LogP contribution in [0.3, 0.4) is 0 Å². The summed E-state index contributed by atoms with van der Waals surface area (Å²) >= 11 is 0. The third-order valence-corrected chi connectivity index (χ3v) is 5.94. The Morgan fingerprint density at radius 3 is 2.35 bits per heavy atom. The monoisotopic (exact) mass is 447 g/mol. The van der Waals surface area contributed by atoms with Gasteiger partial charge in [-0.1, -0.05) is 30.3 Å². The van der Waals surface area contributed by atoms with E-state index in [1.807, 2.05) is 18.2 Å². The molecule has 9 heteroatoms. The molecule has 0 spiro atoms. The second-order valence-electron chi connectivity index (χ2n) is 7.62. The zero-order chi connectivity index (χ0) is 21.3. The van der Waals surface area contributed by atoms with E-state index in [0.29, 0.717) is 31.4 Å². The van der Waals surface area contributed by atoms with Crippen molar-refractivity contribution in [2.75, 3.05) is 30.3 Å². The van der Waals surface area contributed by atoms with Crippen LogP contribution in [0.1, 0.15) is 18.4 Å². The summed E-state index contributed by atoms with van der Waals surface area (Å²) in [6.07, 6.45) is 1.65. The molecule has 3 aromatic rings. The first kappa shape index (κ1) is 22.7. The number of benzene rings is 2. The minimum Gasteiger partial charge on any atom is -0.504 e. The molecule has 1 saturated heterocycles. The van der Waals surface area contributed by atoms with Crippen molar-refractivity contribution in [3.8, 4) is 17.0 Å². The summed E-state index contributed by atoms with van der Waals surface area (Å²) in [4.78, 5) is 2.07. The van der Waals surface area contributed by atoms with Gasteiger partial charge in [0.25, 0.3) is 0 Å². The standard InChI is InChI=1S/C22H23F2N5O.ClH/c23-15-10-16(20(30)17(24)11-15)18-12-19(21(26)28-27-18)29-8-6-22(13-25,7-9-29)14-4-2-1-3-5-14;/h1-5,10-12,30H,6-9,13,25H2,(H2,26,28);1H. The maximum absolute atomic E-state index is 13.8. The quantitative estimate of drug-likeness (QED) is 0.564. The highest BCUT2D eigenvalue weighted by atomic mass is 35.5. The predicted molar refractivity (Wildman–Crippen MR) is 119 cm³/mol. The Balaban J connectivity index is 0.00000272. The molecular weight excluding hydrogens is 424 g/mol. The molecule has 1 aliphatic rings. The fourth-order valence-electron chi connectivity index (χ4n) is 4.12. The lowest BCUT2D eigenvalue weighted by Crippen LogP contribution is -2.47. The van der Waals surface area contributed by atoms with Gasteiger partial charge in [-0.05, 0) is 30.5 Å². The third-order valence-electron chi connectivity index (χ3n) is 5.94. The molecule has 6 nitrogen and oxygen atoms in total. The fraction of sp³-hybridized carbons (Fsp3) is 0.273. The Bertz CT molecular complexity index is 1060. The van der Waals surface area contributed by atoms with Crippen LogP contribution in [-0.4, -0.2) is 34.9 Å². The first-order chi connectivity index (χ1) is 14.4. The highest BCUT2D eigenvalue weighted by molar-refractivity contribution is 5.85. The molecule has 0 bridgehead atoms. The number of aromatic nitrogens is 2. The first-order valence-corrected chi connectivity index (χ1v) is 9.76. The number of hydrogen-bond acceptors (Lipinski definition) is 6. The number of hydrogen-bond donors (Lipinski definition) is 3. The van der Waals surface area contributed by atoms with Gasteiger partial charge in [0.1, 0.15) is 5.82 Å². The van der Waals surface area contributed by atoms with Gasteiger partial charge in [-0.3, -0.25) is 0 Å². The van der Waals surface area contributed by atoms with Crippen LogP contribution in [0.4, 0.5) is 20.3 Å². The van der Waals surface area contributed by atoms with E-state index in [4.69, 9.17) is 11.5 Å². The van der Waals surface area contributed by atoms with E-state index < -0.39 is 17.4 Å². The van der Waals surface area contributed by atoms with Crippen molar-refractivity contribution in [1.29, 1.82) is 0 Å². The molecule has 0 aliphatic carbocycles. The number of halogens is 3. The van der Waals surface area contributed by atoms with E-state index in [9.17, 15) is 13.9 Å².